The molecule has 106 valence electrons. The Morgan fingerprint density at radius 3 is 3.00 bits per heavy atom. The van der Waals surface area contributed by atoms with Gasteiger partial charge in [-0.15, -0.1) is 0 Å². The smallest absolute Gasteiger partial charge is 0.140 e. The van der Waals surface area contributed by atoms with Gasteiger partial charge in [0.2, 0.25) is 0 Å². The minimum atomic E-state index is 0.358. The molecule has 0 aromatic carbocycles. The SMILES string of the molecule is C[C@@H](NCc1noc2c1CCCC2)[C@@H]1CCCCO1. The molecule has 3 rings (SSSR count). The van der Waals surface area contributed by atoms with Gasteiger partial charge in [-0.1, -0.05) is 5.16 Å². The topological polar surface area (TPSA) is 47.3 Å². The summed E-state index contributed by atoms with van der Waals surface area (Å²) in [7, 11) is 0. The van der Waals surface area contributed by atoms with Crippen molar-refractivity contribution in [3.8, 4) is 0 Å². The third kappa shape index (κ3) is 3.00. The van der Waals surface area contributed by atoms with Crippen LogP contribution in [0.15, 0.2) is 4.52 Å². The highest BCUT2D eigenvalue weighted by Gasteiger charge is 2.23. The van der Waals surface area contributed by atoms with Gasteiger partial charge in [0.15, 0.2) is 0 Å². The second kappa shape index (κ2) is 6.06. The molecule has 1 N–H and O–H groups in total. The van der Waals surface area contributed by atoms with Crippen molar-refractivity contribution in [3.05, 3.63) is 17.0 Å². The molecule has 0 bridgehead atoms. The lowest BCUT2D eigenvalue weighted by Gasteiger charge is -2.28. The second-order valence-electron chi connectivity index (χ2n) is 5.81. The number of rotatable bonds is 4. The molecular weight excluding hydrogens is 240 g/mol. The van der Waals surface area contributed by atoms with E-state index in [0.717, 1.165) is 37.4 Å². The Morgan fingerprint density at radius 2 is 2.16 bits per heavy atom. The highest BCUT2D eigenvalue weighted by molar-refractivity contribution is 5.25. The molecule has 1 fully saturated rings. The van der Waals surface area contributed by atoms with E-state index in [1.807, 2.05) is 0 Å². The van der Waals surface area contributed by atoms with Crippen LogP contribution in [0, 0.1) is 0 Å². The summed E-state index contributed by atoms with van der Waals surface area (Å²) in [5.74, 6) is 1.12. The molecule has 0 spiro atoms. The highest BCUT2D eigenvalue weighted by Crippen LogP contribution is 2.24. The Hall–Kier alpha value is -0.870. The van der Waals surface area contributed by atoms with Gasteiger partial charge >= 0.3 is 0 Å². The highest BCUT2D eigenvalue weighted by atomic mass is 16.5. The molecule has 19 heavy (non-hydrogen) atoms. The largest absolute Gasteiger partial charge is 0.377 e. The molecule has 0 saturated carbocycles. The first kappa shape index (κ1) is 13.1. The zero-order valence-electron chi connectivity index (χ0n) is 11.8. The van der Waals surface area contributed by atoms with E-state index in [4.69, 9.17) is 9.26 Å². The van der Waals surface area contributed by atoms with E-state index >= 15 is 0 Å². The Balaban J connectivity index is 1.55. The molecule has 2 aliphatic rings. The number of hydrogen-bond acceptors (Lipinski definition) is 4. The van der Waals surface area contributed by atoms with Gasteiger partial charge in [0.1, 0.15) is 11.5 Å². The zero-order valence-corrected chi connectivity index (χ0v) is 11.8. The van der Waals surface area contributed by atoms with Crippen LogP contribution < -0.4 is 5.32 Å². The summed E-state index contributed by atoms with van der Waals surface area (Å²) in [5, 5.41) is 7.79. The monoisotopic (exact) mass is 264 g/mol. The van der Waals surface area contributed by atoms with E-state index < -0.39 is 0 Å². The normalized spacial score (nSPS) is 25.0. The third-order valence-electron chi connectivity index (χ3n) is 4.40. The van der Waals surface area contributed by atoms with Crippen LogP contribution >= 0.6 is 0 Å². The van der Waals surface area contributed by atoms with Gasteiger partial charge in [0, 0.05) is 31.2 Å². The fourth-order valence-corrected chi connectivity index (χ4v) is 3.14. The van der Waals surface area contributed by atoms with Crippen LogP contribution in [0.2, 0.25) is 0 Å². The van der Waals surface area contributed by atoms with Crippen LogP contribution in [0.4, 0.5) is 0 Å². The number of nitrogens with one attached hydrogen (secondary N) is 1. The lowest BCUT2D eigenvalue weighted by Crippen LogP contribution is -2.40. The van der Waals surface area contributed by atoms with Gasteiger partial charge in [-0.05, 0) is 45.4 Å². The van der Waals surface area contributed by atoms with Crippen LogP contribution in [0.1, 0.15) is 56.0 Å². The minimum absolute atomic E-state index is 0.358. The molecule has 4 nitrogen and oxygen atoms in total. The van der Waals surface area contributed by atoms with Crippen LogP contribution in [-0.2, 0) is 24.1 Å². The van der Waals surface area contributed by atoms with E-state index in [0.29, 0.717) is 12.1 Å². The maximum Gasteiger partial charge on any atom is 0.140 e. The molecule has 1 aromatic rings. The summed E-state index contributed by atoms with van der Waals surface area (Å²) in [6, 6.07) is 0.385. The van der Waals surface area contributed by atoms with Gasteiger partial charge < -0.3 is 14.6 Å². The molecule has 4 heteroatoms. The maximum atomic E-state index is 5.82. The first-order chi connectivity index (χ1) is 9.34. The lowest BCUT2D eigenvalue weighted by atomic mass is 9.96. The average Bonchev–Trinajstić information content (AvgIpc) is 2.89. The van der Waals surface area contributed by atoms with Crippen molar-refractivity contribution in [2.45, 2.75) is 70.6 Å². The van der Waals surface area contributed by atoms with Gasteiger partial charge in [-0.3, -0.25) is 0 Å². The van der Waals surface area contributed by atoms with Gasteiger partial charge in [0.25, 0.3) is 0 Å². The third-order valence-corrected chi connectivity index (χ3v) is 4.40. The van der Waals surface area contributed by atoms with Gasteiger partial charge in [-0.25, -0.2) is 0 Å². The number of hydrogen-bond donors (Lipinski definition) is 1. The fraction of sp³-hybridized carbons (Fsp3) is 0.800. The summed E-state index contributed by atoms with van der Waals surface area (Å²) >= 11 is 0. The Labute approximate surface area is 114 Å². The molecule has 0 unspecified atom stereocenters. The molecule has 0 radical (unpaired) electrons. The number of nitrogens with zero attached hydrogens (tertiary/aromatic N) is 1. The van der Waals surface area contributed by atoms with E-state index in [-0.39, 0.29) is 0 Å². The summed E-state index contributed by atoms with van der Waals surface area (Å²) in [6.07, 6.45) is 8.72. The predicted molar refractivity (Wildman–Crippen MR) is 73.0 cm³/mol. The average molecular weight is 264 g/mol. The van der Waals surface area contributed by atoms with Crippen LogP contribution in [-0.4, -0.2) is 23.9 Å². The van der Waals surface area contributed by atoms with Crippen molar-refractivity contribution < 1.29 is 9.26 Å². The molecule has 1 aromatic heterocycles. The Bertz CT molecular complexity index is 410. The van der Waals surface area contributed by atoms with Gasteiger partial charge in [0.05, 0.1) is 6.10 Å². The van der Waals surface area contributed by atoms with Crippen LogP contribution in [0.25, 0.3) is 0 Å². The first-order valence-electron chi connectivity index (χ1n) is 7.66. The van der Waals surface area contributed by atoms with Crippen molar-refractivity contribution in [1.82, 2.24) is 10.5 Å². The van der Waals surface area contributed by atoms with E-state index in [2.05, 4.69) is 17.4 Å². The first-order valence-corrected chi connectivity index (χ1v) is 7.66. The summed E-state index contributed by atoms with van der Waals surface area (Å²) in [5.41, 5.74) is 2.47. The number of ether oxygens (including phenoxy) is 1. The zero-order chi connectivity index (χ0) is 13.1. The van der Waals surface area contributed by atoms with E-state index in [9.17, 15) is 0 Å². The predicted octanol–water partition coefficient (Wildman–Crippen LogP) is 2.60. The summed E-state index contributed by atoms with van der Waals surface area (Å²) in [6.45, 7) is 3.93. The number of aromatic nitrogens is 1. The minimum Gasteiger partial charge on any atom is -0.377 e. The van der Waals surface area contributed by atoms with Crippen LogP contribution in [0.5, 0.6) is 0 Å². The second-order valence-corrected chi connectivity index (χ2v) is 5.81. The fourth-order valence-electron chi connectivity index (χ4n) is 3.14. The molecule has 2 heterocycles. The van der Waals surface area contributed by atoms with Crippen LogP contribution in [0.3, 0.4) is 0 Å². The van der Waals surface area contributed by atoms with Crippen molar-refractivity contribution in [2.75, 3.05) is 6.61 Å². The van der Waals surface area contributed by atoms with Crippen molar-refractivity contribution >= 4 is 0 Å². The quantitative estimate of drug-likeness (QED) is 0.908. The molecule has 2 atom stereocenters. The molecule has 1 aliphatic carbocycles. The number of aryl methyl sites for hydroxylation is 1. The van der Waals surface area contributed by atoms with Gasteiger partial charge in [-0.2, -0.15) is 0 Å². The standard InChI is InChI=1S/C15H24N2O2/c1-11(14-7-4-5-9-18-14)16-10-13-12-6-2-3-8-15(12)19-17-13/h11,14,16H,2-10H2,1H3/t11-,14+/m1/s1. The van der Waals surface area contributed by atoms with E-state index in [1.54, 1.807) is 0 Å². The molecular formula is C15H24N2O2. The summed E-state index contributed by atoms with van der Waals surface area (Å²) < 4.78 is 11.3. The van der Waals surface area contributed by atoms with Crippen molar-refractivity contribution in [3.63, 3.8) is 0 Å². The summed E-state index contributed by atoms with van der Waals surface area (Å²) in [4.78, 5) is 0. The van der Waals surface area contributed by atoms with E-state index in [1.165, 1.54) is 37.7 Å². The molecule has 0 amide bonds. The van der Waals surface area contributed by atoms with Crippen molar-refractivity contribution in [2.24, 2.45) is 0 Å². The number of fused-ring (bicyclic) bond motifs is 1. The Kier molecular flexibility index (Phi) is 4.18. The lowest BCUT2D eigenvalue weighted by molar-refractivity contribution is -0.00409. The molecule has 1 aliphatic heterocycles. The maximum absolute atomic E-state index is 5.82. The Morgan fingerprint density at radius 1 is 1.26 bits per heavy atom. The molecule has 1 saturated heterocycles. The van der Waals surface area contributed by atoms with Crippen molar-refractivity contribution in [1.29, 1.82) is 0 Å².